The van der Waals surface area contributed by atoms with Crippen molar-refractivity contribution < 1.29 is 9.84 Å². The first-order valence-electron chi connectivity index (χ1n) is 7.98. The number of methoxy groups -OCH3 is 1. The van der Waals surface area contributed by atoms with Crippen LogP contribution < -0.4 is 10.1 Å². The highest BCUT2D eigenvalue weighted by Gasteiger charge is 2.13. The second-order valence-corrected chi connectivity index (χ2v) is 6.09. The van der Waals surface area contributed by atoms with E-state index >= 15 is 0 Å². The Hall–Kier alpha value is -1.26. The summed E-state index contributed by atoms with van der Waals surface area (Å²) in [6.07, 6.45) is 4.08. The summed E-state index contributed by atoms with van der Waals surface area (Å²) in [5, 5.41) is 13.3. The average Bonchev–Trinajstić information content (AvgIpc) is 2.50. The van der Waals surface area contributed by atoms with E-state index in [1.807, 2.05) is 6.07 Å². The van der Waals surface area contributed by atoms with Crippen molar-refractivity contribution in [3.05, 3.63) is 23.8 Å². The molecular formula is C17H28N2O2. The van der Waals surface area contributed by atoms with Crippen LogP contribution >= 0.6 is 0 Å². The third kappa shape index (κ3) is 5.21. The van der Waals surface area contributed by atoms with Crippen LogP contribution in [0.5, 0.6) is 11.5 Å². The number of piperidine rings is 1. The Labute approximate surface area is 128 Å². The summed E-state index contributed by atoms with van der Waals surface area (Å²) in [5.74, 6) is 1.73. The number of hydrogen-bond donors (Lipinski definition) is 2. The van der Waals surface area contributed by atoms with Gasteiger partial charge in [-0.25, -0.2) is 0 Å². The smallest absolute Gasteiger partial charge is 0.120 e. The zero-order valence-electron chi connectivity index (χ0n) is 13.3. The van der Waals surface area contributed by atoms with Gasteiger partial charge in [-0.05, 0) is 56.6 Å². The van der Waals surface area contributed by atoms with Gasteiger partial charge in [-0.15, -0.1) is 0 Å². The number of rotatable bonds is 7. The zero-order valence-corrected chi connectivity index (χ0v) is 13.3. The van der Waals surface area contributed by atoms with E-state index in [-0.39, 0.29) is 0 Å². The zero-order chi connectivity index (χ0) is 15.1. The minimum absolute atomic E-state index is 0.326. The molecule has 1 fully saturated rings. The Balaban J connectivity index is 1.73. The van der Waals surface area contributed by atoms with E-state index in [2.05, 4.69) is 17.1 Å². The van der Waals surface area contributed by atoms with Crippen LogP contribution in [0, 0.1) is 5.92 Å². The van der Waals surface area contributed by atoms with Gasteiger partial charge in [0.1, 0.15) is 11.5 Å². The molecule has 0 spiro atoms. The predicted octanol–water partition coefficient (Wildman–Crippen LogP) is 2.61. The van der Waals surface area contributed by atoms with Gasteiger partial charge in [0.25, 0.3) is 0 Å². The van der Waals surface area contributed by atoms with Crippen LogP contribution in [0.1, 0.15) is 31.7 Å². The maximum absolute atomic E-state index is 9.85. The van der Waals surface area contributed by atoms with E-state index in [1.54, 1.807) is 19.2 Å². The van der Waals surface area contributed by atoms with Crippen molar-refractivity contribution in [1.82, 2.24) is 10.2 Å². The lowest BCUT2D eigenvalue weighted by Crippen LogP contribution is -2.36. The summed E-state index contributed by atoms with van der Waals surface area (Å²) in [4.78, 5) is 2.57. The third-order valence-electron chi connectivity index (χ3n) is 4.11. The molecule has 1 aromatic rings. The molecule has 0 bridgehead atoms. The molecule has 1 aliphatic rings. The summed E-state index contributed by atoms with van der Waals surface area (Å²) in [5.41, 5.74) is 0.888. The Bertz CT molecular complexity index is 431. The van der Waals surface area contributed by atoms with Gasteiger partial charge >= 0.3 is 0 Å². The van der Waals surface area contributed by atoms with E-state index < -0.39 is 0 Å². The fourth-order valence-corrected chi connectivity index (χ4v) is 2.93. The first-order valence-corrected chi connectivity index (χ1v) is 7.98. The molecule has 1 unspecified atom stereocenters. The maximum Gasteiger partial charge on any atom is 0.120 e. The lowest BCUT2D eigenvalue weighted by molar-refractivity contribution is 0.199. The molecule has 0 radical (unpaired) electrons. The Morgan fingerprint density at radius 1 is 1.29 bits per heavy atom. The standard InChI is InChI=1S/C17H28N2O2/c1-14(13-19-8-4-3-5-9-19)11-18-12-15-10-16(21-2)6-7-17(15)20/h6-7,10,14,18,20H,3-5,8-9,11-13H2,1-2H3. The van der Waals surface area contributed by atoms with Crippen molar-refractivity contribution in [3.63, 3.8) is 0 Å². The van der Waals surface area contributed by atoms with Crippen molar-refractivity contribution in [1.29, 1.82) is 0 Å². The molecule has 0 aliphatic carbocycles. The first kappa shape index (κ1) is 16.1. The minimum Gasteiger partial charge on any atom is -0.508 e. The quantitative estimate of drug-likeness (QED) is 0.811. The van der Waals surface area contributed by atoms with Gasteiger partial charge in [-0.3, -0.25) is 0 Å². The molecule has 118 valence electrons. The van der Waals surface area contributed by atoms with E-state index in [0.717, 1.165) is 24.4 Å². The van der Waals surface area contributed by atoms with E-state index in [9.17, 15) is 5.11 Å². The number of nitrogens with zero attached hydrogens (tertiary/aromatic N) is 1. The maximum atomic E-state index is 9.85. The monoisotopic (exact) mass is 292 g/mol. The van der Waals surface area contributed by atoms with Gasteiger partial charge in [0.05, 0.1) is 7.11 Å². The molecule has 1 atom stereocenters. The van der Waals surface area contributed by atoms with Crippen molar-refractivity contribution in [2.75, 3.05) is 33.3 Å². The van der Waals surface area contributed by atoms with E-state index in [0.29, 0.717) is 18.2 Å². The van der Waals surface area contributed by atoms with Gasteiger partial charge in [0.15, 0.2) is 0 Å². The number of phenols is 1. The normalized spacial score (nSPS) is 17.6. The molecule has 2 N–H and O–H groups in total. The highest BCUT2D eigenvalue weighted by Crippen LogP contribution is 2.22. The second-order valence-electron chi connectivity index (χ2n) is 6.09. The number of likely N-dealkylation sites (tertiary alicyclic amines) is 1. The summed E-state index contributed by atoms with van der Waals surface area (Å²) < 4.78 is 5.19. The van der Waals surface area contributed by atoms with Gasteiger partial charge in [0.2, 0.25) is 0 Å². The summed E-state index contributed by atoms with van der Waals surface area (Å²) in [7, 11) is 1.64. The van der Waals surface area contributed by atoms with Crippen molar-refractivity contribution in [2.24, 2.45) is 5.92 Å². The van der Waals surface area contributed by atoms with Crippen LogP contribution in [0.25, 0.3) is 0 Å². The summed E-state index contributed by atoms with van der Waals surface area (Å²) in [6, 6.07) is 5.35. The molecule has 0 amide bonds. The molecule has 1 heterocycles. The minimum atomic E-state index is 0.326. The second kappa shape index (κ2) is 8.25. The molecule has 21 heavy (non-hydrogen) atoms. The fraction of sp³-hybridized carbons (Fsp3) is 0.647. The number of hydrogen-bond acceptors (Lipinski definition) is 4. The Kier molecular flexibility index (Phi) is 6.33. The van der Waals surface area contributed by atoms with Crippen molar-refractivity contribution >= 4 is 0 Å². The van der Waals surface area contributed by atoms with Gasteiger partial charge in [-0.2, -0.15) is 0 Å². The lowest BCUT2D eigenvalue weighted by Gasteiger charge is -2.29. The number of ether oxygens (including phenoxy) is 1. The highest BCUT2D eigenvalue weighted by molar-refractivity contribution is 5.39. The van der Waals surface area contributed by atoms with Gasteiger partial charge in [0, 0.05) is 18.7 Å². The van der Waals surface area contributed by atoms with Crippen LogP contribution in [0.4, 0.5) is 0 Å². The molecule has 2 rings (SSSR count). The fourth-order valence-electron chi connectivity index (χ4n) is 2.93. The van der Waals surface area contributed by atoms with Crippen LogP contribution in [-0.4, -0.2) is 43.3 Å². The molecule has 1 aromatic carbocycles. The van der Waals surface area contributed by atoms with Crippen LogP contribution in [0.15, 0.2) is 18.2 Å². The lowest BCUT2D eigenvalue weighted by atomic mass is 10.1. The topological polar surface area (TPSA) is 44.7 Å². The number of aromatic hydroxyl groups is 1. The van der Waals surface area contributed by atoms with Crippen LogP contribution in [0.3, 0.4) is 0 Å². The molecule has 0 saturated carbocycles. The van der Waals surface area contributed by atoms with Crippen LogP contribution in [-0.2, 0) is 6.54 Å². The molecule has 0 aromatic heterocycles. The predicted molar refractivity (Wildman–Crippen MR) is 85.8 cm³/mol. The first-order chi connectivity index (χ1) is 10.2. The molecule has 1 saturated heterocycles. The van der Waals surface area contributed by atoms with Gasteiger partial charge < -0.3 is 20.1 Å². The van der Waals surface area contributed by atoms with E-state index in [1.165, 1.54) is 32.4 Å². The van der Waals surface area contributed by atoms with E-state index in [4.69, 9.17) is 4.74 Å². The molecular weight excluding hydrogens is 264 g/mol. The summed E-state index contributed by atoms with van der Waals surface area (Å²) in [6.45, 7) is 7.59. The highest BCUT2D eigenvalue weighted by atomic mass is 16.5. The number of nitrogens with one attached hydrogen (secondary N) is 1. The Morgan fingerprint density at radius 3 is 2.76 bits per heavy atom. The third-order valence-corrected chi connectivity index (χ3v) is 4.11. The SMILES string of the molecule is COc1ccc(O)c(CNCC(C)CN2CCCCC2)c1. The average molecular weight is 292 g/mol. The summed E-state index contributed by atoms with van der Waals surface area (Å²) >= 11 is 0. The molecule has 4 heteroatoms. The Morgan fingerprint density at radius 2 is 2.05 bits per heavy atom. The molecule has 1 aliphatic heterocycles. The van der Waals surface area contributed by atoms with Crippen molar-refractivity contribution in [3.8, 4) is 11.5 Å². The van der Waals surface area contributed by atoms with Gasteiger partial charge in [-0.1, -0.05) is 13.3 Å². The number of benzene rings is 1. The van der Waals surface area contributed by atoms with Crippen molar-refractivity contribution in [2.45, 2.75) is 32.7 Å². The molecule has 4 nitrogen and oxygen atoms in total. The van der Waals surface area contributed by atoms with Crippen LogP contribution in [0.2, 0.25) is 0 Å². The largest absolute Gasteiger partial charge is 0.508 e. The number of phenolic OH excluding ortho intramolecular Hbond substituents is 1.